The van der Waals surface area contributed by atoms with Crippen LogP contribution in [0.5, 0.6) is 0 Å². The Bertz CT molecular complexity index is 661. The molecule has 1 heteroatoms. The minimum Gasteiger partial charge on any atom is -0.393 e. The lowest BCUT2D eigenvalue weighted by Gasteiger charge is -2.56. The van der Waals surface area contributed by atoms with Crippen molar-refractivity contribution in [1.82, 2.24) is 0 Å². The summed E-state index contributed by atoms with van der Waals surface area (Å²) in [5, 5.41) is 10.5. The van der Waals surface area contributed by atoms with Crippen LogP contribution < -0.4 is 0 Å². The van der Waals surface area contributed by atoms with E-state index >= 15 is 0 Å². The highest BCUT2D eigenvalue weighted by molar-refractivity contribution is 5.34. The van der Waals surface area contributed by atoms with Crippen LogP contribution in [-0.4, -0.2) is 11.2 Å². The van der Waals surface area contributed by atoms with Gasteiger partial charge in [0, 0.05) is 0 Å². The largest absolute Gasteiger partial charge is 0.393 e. The normalized spacial score (nSPS) is 45.7. The molecule has 0 saturated heterocycles. The topological polar surface area (TPSA) is 20.2 Å². The summed E-state index contributed by atoms with van der Waals surface area (Å²) in [6, 6.07) is 0. The lowest BCUT2D eigenvalue weighted by molar-refractivity contribution is -0.0336. The minimum atomic E-state index is -0.0657. The molecule has 1 N–H and O–H groups in total. The van der Waals surface area contributed by atoms with Gasteiger partial charge in [0.25, 0.3) is 0 Å². The Morgan fingerprint density at radius 2 is 1.67 bits per heavy atom. The summed E-state index contributed by atoms with van der Waals surface area (Å²) in [6.07, 6.45) is 13.3. The second-order valence-corrected chi connectivity index (χ2v) is 13.0. The van der Waals surface area contributed by atoms with Crippen molar-refractivity contribution in [2.75, 3.05) is 0 Å². The summed E-state index contributed by atoms with van der Waals surface area (Å²) in [7, 11) is 0. The third kappa shape index (κ3) is 3.54. The van der Waals surface area contributed by atoms with Gasteiger partial charge in [-0.05, 0) is 104 Å². The van der Waals surface area contributed by atoms with E-state index in [-0.39, 0.29) is 6.10 Å². The maximum absolute atomic E-state index is 10.5. The molecule has 0 aromatic heterocycles. The molecule has 1 nitrogen and oxygen atoms in total. The quantitative estimate of drug-likeness (QED) is 0.451. The zero-order valence-corrected chi connectivity index (χ0v) is 21.1. The first-order valence-corrected chi connectivity index (χ1v) is 13.5. The van der Waals surface area contributed by atoms with Crippen molar-refractivity contribution in [2.24, 2.45) is 52.3 Å². The minimum absolute atomic E-state index is 0.0657. The third-order valence-electron chi connectivity index (χ3n) is 11.5. The Morgan fingerprint density at radius 1 is 0.933 bits per heavy atom. The predicted molar refractivity (Wildman–Crippen MR) is 128 cm³/mol. The molecule has 2 saturated carbocycles. The molecule has 2 fully saturated rings. The van der Waals surface area contributed by atoms with Crippen molar-refractivity contribution in [2.45, 2.75) is 119 Å². The summed E-state index contributed by atoms with van der Waals surface area (Å²) in [5.74, 6) is 5.52. The fraction of sp³-hybridized carbons (Fsp3) is 0.931. The molecule has 0 aliphatic heterocycles. The lowest BCUT2D eigenvalue weighted by atomic mass is 9.49. The van der Waals surface area contributed by atoms with Crippen LogP contribution >= 0.6 is 0 Å². The van der Waals surface area contributed by atoms with Gasteiger partial charge in [0.05, 0.1) is 6.10 Å². The standard InChI is InChI=1S/C29H50O/c1-18(2)19(3)8-9-20(4)23-12-13-25-22-10-11-24-21(5)27(30)15-17-29(24,7)26(22)14-16-28(23,25)6/h18-21,23-25,27,30H,8-17H2,1-7H3/t19?,20-,21+,23-,24?,25+,27+,28-,29+/m1/s1. The first-order valence-electron chi connectivity index (χ1n) is 13.5. The van der Waals surface area contributed by atoms with Gasteiger partial charge < -0.3 is 5.11 Å². The summed E-state index contributed by atoms with van der Waals surface area (Å²) < 4.78 is 0. The molecule has 0 radical (unpaired) electrons. The van der Waals surface area contributed by atoms with Gasteiger partial charge in [-0.1, -0.05) is 72.5 Å². The zero-order chi connectivity index (χ0) is 21.8. The smallest absolute Gasteiger partial charge is 0.0569 e. The summed E-state index contributed by atoms with van der Waals surface area (Å²) in [6.45, 7) is 17.4. The average Bonchev–Trinajstić information content (AvgIpc) is 3.06. The molecular formula is C29H50O. The molecular weight excluding hydrogens is 364 g/mol. The van der Waals surface area contributed by atoms with E-state index in [9.17, 15) is 5.11 Å². The molecule has 9 atom stereocenters. The van der Waals surface area contributed by atoms with E-state index < -0.39 is 0 Å². The number of fused-ring (bicyclic) bond motifs is 4. The molecule has 4 rings (SSSR count). The van der Waals surface area contributed by atoms with Crippen LogP contribution in [0, 0.1) is 52.3 Å². The SMILES string of the molecule is CC(C)C(C)CC[C@@H](C)[C@H]1CC[C@H]2C3=C(CC[C@]12C)[C@@]1(C)CC[C@H](O)[C@@H](C)C1CC3. The van der Waals surface area contributed by atoms with Crippen LogP contribution in [0.1, 0.15) is 113 Å². The van der Waals surface area contributed by atoms with Gasteiger partial charge in [0.1, 0.15) is 0 Å². The highest BCUT2D eigenvalue weighted by atomic mass is 16.3. The molecule has 4 aliphatic carbocycles. The molecule has 30 heavy (non-hydrogen) atoms. The van der Waals surface area contributed by atoms with Gasteiger partial charge in [-0.3, -0.25) is 0 Å². The van der Waals surface area contributed by atoms with Crippen molar-refractivity contribution in [1.29, 1.82) is 0 Å². The third-order valence-corrected chi connectivity index (χ3v) is 11.5. The number of hydrogen-bond acceptors (Lipinski definition) is 1. The first kappa shape index (κ1) is 22.9. The predicted octanol–water partition coefficient (Wildman–Crippen LogP) is 8.02. The number of allylic oxidation sites excluding steroid dienone is 2. The molecule has 0 spiro atoms. The van der Waals surface area contributed by atoms with Crippen LogP contribution in [0.2, 0.25) is 0 Å². The molecule has 2 unspecified atom stereocenters. The Hall–Kier alpha value is -0.300. The van der Waals surface area contributed by atoms with E-state index in [2.05, 4.69) is 48.5 Å². The Labute approximate surface area is 187 Å². The van der Waals surface area contributed by atoms with E-state index in [4.69, 9.17) is 0 Å². The zero-order valence-electron chi connectivity index (χ0n) is 21.1. The van der Waals surface area contributed by atoms with E-state index in [0.29, 0.717) is 22.7 Å². The fourth-order valence-corrected chi connectivity index (χ4v) is 8.94. The summed E-state index contributed by atoms with van der Waals surface area (Å²) in [5.41, 5.74) is 4.71. The Morgan fingerprint density at radius 3 is 2.37 bits per heavy atom. The molecule has 0 aromatic carbocycles. The van der Waals surface area contributed by atoms with E-state index in [1.807, 2.05) is 11.1 Å². The van der Waals surface area contributed by atoms with Crippen LogP contribution in [0.4, 0.5) is 0 Å². The number of aliphatic hydroxyl groups is 1. The van der Waals surface area contributed by atoms with E-state index in [1.165, 1.54) is 57.8 Å². The van der Waals surface area contributed by atoms with E-state index in [1.54, 1.807) is 0 Å². The Balaban J connectivity index is 1.54. The van der Waals surface area contributed by atoms with Crippen molar-refractivity contribution in [3.63, 3.8) is 0 Å². The summed E-state index contributed by atoms with van der Waals surface area (Å²) in [4.78, 5) is 0. The van der Waals surface area contributed by atoms with E-state index in [0.717, 1.165) is 36.0 Å². The number of hydrogen-bond donors (Lipinski definition) is 1. The van der Waals surface area contributed by atoms with Crippen molar-refractivity contribution in [3.8, 4) is 0 Å². The van der Waals surface area contributed by atoms with Crippen molar-refractivity contribution in [3.05, 3.63) is 11.1 Å². The van der Waals surface area contributed by atoms with Gasteiger partial charge in [0.2, 0.25) is 0 Å². The van der Waals surface area contributed by atoms with Gasteiger partial charge in [-0.25, -0.2) is 0 Å². The fourth-order valence-electron chi connectivity index (χ4n) is 8.94. The Kier molecular flexibility index (Phi) is 6.28. The molecule has 0 bridgehead atoms. The second-order valence-electron chi connectivity index (χ2n) is 13.0. The lowest BCUT2D eigenvalue weighted by Crippen LogP contribution is -2.49. The number of aliphatic hydroxyl groups excluding tert-OH is 1. The maximum Gasteiger partial charge on any atom is 0.0569 e. The average molecular weight is 415 g/mol. The second kappa shape index (κ2) is 8.24. The van der Waals surface area contributed by atoms with Crippen LogP contribution in [-0.2, 0) is 0 Å². The maximum atomic E-state index is 10.5. The molecule has 4 aliphatic rings. The molecule has 172 valence electrons. The highest BCUT2D eigenvalue weighted by Crippen LogP contribution is 2.66. The van der Waals surface area contributed by atoms with Crippen LogP contribution in [0.25, 0.3) is 0 Å². The van der Waals surface area contributed by atoms with Crippen molar-refractivity contribution >= 4 is 0 Å². The summed E-state index contributed by atoms with van der Waals surface area (Å²) >= 11 is 0. The van der Waals surface area contributed by atoms with Crippen molar-refractivity contribution < 1.29 is 5.11 Å². The number of rotatable bonds is 5. The van der Waals surface area contributed by atoms with Crippen LogP contribution in [0.3, 0.4) is 0 Å². The molecule has 0 amide bonds. The van der Waals surface area contributed by atoms with Gasteiger partial charge in [-0.2, -0.15) is 0 Å². The van der Waals surface area contributed by atoms with Gasteiger partial charge >= 0.3 is 0 Å². The highest BCUT2D eigenvalue weighted by Gasteiger charge is 2.56. The van der Waals surface area contributed by atoms with Gasteiger partial charge in [-0.15, -0.1) is 0 Å². The molecule has 0 aromatic rings. The molecule has 0 heterocycles. The monoisotopic (exact) mass is 414 g/mol. The first-order chi connectivity index (χ1) is 14.1. The van der Waals surface area contributed by atoms with Gasteiger partial charge in [0.15, 0.2) is 0 Å². The van der Waals surface area contributed by atoms with Crippen LogP contribution in [0.15, 0.2) is 11.1 Å².